The largest absolute Gasteiger partial charge is 0.400 e. The molecule has 0 spiro atoms. The van der Waals surface area contributed by atoms with Crippen LogP contribution in [0.4, 0.5) is 26.3 Å². The summed E-state index contributed by atoms with van der Waals surface area (Å²) >= 11 is 0. The number of rotatable bonds is 1. The quantitative estimate of drug-likeness (QED) is 0.544. The van der Waals surface area contributed by atoms with Gasteiger partial charge in [0.1, 0.15) is 5.92 Å². The van der Waals surface area contributed by atoms with Crippen LogP contribution < -0.4 is 0 Å². The van der Waals surface area contributed by atoms with Gasteiger partial charge in [-0.1, -0.05) is 6.92 Å². The van der Waals surface area contributed by atoms with Gasteiger partial charge < -0.3 is 0 Å². The maximum Gasteiger partial charge on any atom is 0.400 e. The van der Waals surface area contributed by atoms with E-state index in [9.17, 15) is 26.3 Å². The lowest BCUT2D eigenvalue weighted by molar-refractivity contribution is -0.284. The summed E-state index contributed by atoms with van der Waals surface area (Å²) < 4.78 is 69.0. The minimum absolute atomic E-state index is 0.853. The lowest BCUT2D eigenvalue weighted by Crippen LogP contribution is -2.35. The average molecular weight is 180 g/mol. The van der Waals surface area contributed by atoms with Crippen molar-refractivity contribution in [2.24, 2.45) is 5.92 Å². The van der Waals surface area contributed by atoms with Crippen LogP contribution >= 0.6 is 0 Å². The maximum absolute atomic E-state index is 11.5. The Morgan fingerprint density at radius 1 is 0.909 bits per heavy atom. The Hall–Kier alpha value is -0.420. The first-order chi connectivity index (χ1) is 4.69. The number of halogens is 6. The third-order valence-corrected chi connectivity index (χ3v) is 1.20. The SMILES string of the molecule is CCC(C(F)(F)F)C(F)(F)F. The number of alkyl halides is 6. The third kappa shape index (κ3) is 2.98. The van der Waals surface area contributed by atoms with Crippen LogP contribution in [-0.4, -0.2) is 12.4 Å². The average Bonchev–Trinajstić information content (AvgIpc) is 1.56. The predicted molar refractivity (Wildman–Crippen MR) is 25.9 cm³/mol. The van der Waals surface area contributed by atoms with Gasteiger partial charge in [-0.25, -0.2) is 0 Å². The second kappa shape index (κ2) is 2.91. The van der Waals surface area contributed by atoms with Crippen molar-refractivity contribution in [1.82, 2.24) is 0 Å². The van der Waals surface area contributed by atoms with Crippen LogP contribution in [0.2, 0.25) is 0 Å². The Morgan fingerprint density at radius 2 is 1.18 bits per heavy atom. The summed E-state index contributed by atoms with van der Waals surface area (Å²) in [6, 6.07) is 0. The standard InChI is InChI=1S/C5H6F6/c1-2-3(4(6,7)8)5(9,10)11/h3H,2H2,1H3. The Labute approximate surface area is 59.2 Å². The van der Waals surface area contributed by atoms with E-state index in [1.54, 1.807) is 0 Å². The molecule has 0 aliphatic rings. The number of hydrogen-bond acceptors (Lipinski definition) is 0. The molecule has 0 aliphatic heterocycles. The van der Waals surface area contributed by atoms with Gasteiger partial charge >= 0.3 is 12.4 Å². The zero-order valence-corrected chi connectivity index (χ0v) is 5.55. The highest BCUT2D eigenvalue weighted by atomic mass is 19.4. The summed E-state index contributed by atoms with van der Waals surface area (Å²) in [6.07, 6.45) is -11.3. The van der Waals surface area contributed by atoms with Gasteiger partial charge in [-0.15, -0.1) is 0 Å². The Balaban J connectivity index is 4.43. The highest BCUT2D eigenvalue weighted by molar-refractivity contribution is 4.73. The minimum Gasteiger partial charge on any atom is -0.170 e. The fourth-order valence-electron chi connectivity index (χ4n) is 0.648. The van der Waals surface area contributed by atoms with Gasteiger partial charge in [-0.3, -0.25) is 0 Å². The van der Waals surface area contributed by atoms with Gasteiger partial charge in [0.25, 0.3) is 0 Å². The zero-order valence-electron chi connectivity index (χ0n) is 5.55. The van der Waals surface area contributed by atoms with Crippen molar-refractivity contribution in [1.29, 1.82) is 0 Å². The zero-order chi connectivity index (χ0) is 9.28. The summed E-state index contributed by atoms with van der Waals surface area (Å²) in [4.78, 5) is 0. The smallest absolute Gasteiger partial charge is 0.170 e. The molecule has 0 rings (SSSR count). The molecule has 0 aliphatic carbocycles. The molecule has 0 saturated carbocycles. The fraction of sp³-hybridized carbons (Fsp3) is 1.00. The Kier molecular flexibility index (Phi) is 2.79. The van der Waals surface area contributed by atoms with Gasteiger partial charge in [0.15, 0.2) is 0 Å². The fourth-order valence-corrected chi connectivity index (χ4v) is 0.648. The van der Waals surface area contributed by atoms with Crippen LogP contribution in [0.5, 0.6) is 0 Å². The maximum atomic E-state index is 11.5. The van der Waals surface area contributed by atoms with Crippen molar-refractivity contribution < 1.29 is 26.3 Å². The first-order valence-electron chi connectivity index (χ1n) is 2.83. The third-order valence-electron chi connectivity index (χ3n) is 1.20. The van der Waals surface area contributed by atoms with E-state index in [1.165, 1.54) is 0 Å². The van der Waals surface area contributed by atoms with E-state index in [2.05, 4.69) is 0 Å². The van der Waals surface area contributed by atoms with Crippen LogP contribution in [0.1, 0.15) is 13.3 Å². The summed E-state index contributed by atoms with van der Waals surface area (Å²) in [7, 11) is 0. The summed E-state index contributed by atoms with van der Waals surface area (Å²) in [5, 5.41) is 0. The Bertz CT molecular complexity index is 106. The second-order valence-corrected chi connectivity index (χ2v) is 2.04. The van der Waals surface area contributed by atoms with Crippen LogP contribution in [0.25, 0.3) is 0 Å². The summed E-state index contributed by atoms with van der Waals surface area (Å²) in [5.41, 5.74) is 0. The van der Waals surface area contributed by atoms with Crippen molar-refractivity contribution in [3.63, 3.8) is 0 Å². The lowest BCUT2D eigenvalue weighted by atomic mass is 10.1. The molecule has 68 valence electrons. The molecule has 0 unspecified atom stereocenters. The summed E-state index contributed by atoms with van der Waals surface area (Å²) in [5.74, 6) is -3.19. The molecule has 0 heterocycles. The molecule has 0 N–H and O–H groups in total. The Morgan fingerprint density at radius 3 is 1.18 bits per heavy atom. The van der Waals surface area contributed by atoms with E-state index >= 15 is 0 Å². The highest BCUT2D eigenvalue weighted by Gasteiger charge is 2.55. The van der Waals surface area contributed by atoms with E-state index in [4.69, 9.17) is 0 Å². The van der Waals surface area contributed by atoms with Gasteiger partial charge in [-0.05, 0) is 6.42 Å². The second-order valence-electron chi connectivity index (χ2n) is 2.04. The van der Waals surface area contributed by atoms with Crippen molar-refractivity contribution in [3.8, 4) is 0 Å². The van der Waals surface area contributed by atoms with Gasteiger partial charge in [0, 0.05) is 0 Å². The molecule has 0 nitrogen and oxygen atoms in total. The molecule has 0 aromatic rings. The number of hydrogen-bond donors (Lipinski definition) is 0. The van der Waals surface area contributed by atoms with Gasteiger partial charge in [0.05, 0.1) is 0 Å². The molecule has 0 atom stereocenters. The molecule has 0 bridgehead atoms. The van der Waals surface area contributed by atoms with E-state index in [0.717, 1.165) is 6.92 Å². The normalized spacial score (nSPS) is 14.2. The molecule has 6 heteroatoms. The molecule has 0 fully saturated rings. The first-order valence-corrected chi connectivity index (χ1v) is 2.83. The van der Waals surface area contributed by atoms with E-state index in [0.29, 0.717) is 0 Å². The van der Waals surface area contributed by atoms with E-state index in [-0.39, 0.29) is 0 Å². The molecule has 0 aromatic heterocycles. The minimum atomic E-state index is -5.17. The van der Waals surface area contributed by atoms with Crippen LogP contribution in [0, 0.1) is 5.92 Å². The van der Waals surface area contributed by atoms with E-state index in [1.807, 2.05) is 0 Å². The molecular formula is C5H6F6. The van der Waals surface area contributed by atoms with Crippen LogP contribution in [0.15, 0.2) is 0 Å². The van der Waals surface area contributed by atoms with Gasteiger partial charge in [0.2, 0.25) is 0 Å². The molecule has 0 saturated heterocycles. The summed E-state index contributed by atoms with van der Waals surface area (Å²) in [6.45, 7) is 0.853. The molecule has 11 heavy (non-hydrogen) atoms. The first kappa shape index (κ1) is 10.6. The highest BCUT2D eigenvalue weighted by Crippen LogP contribution is 2.40. The van der Waals surface area contributed by atoms with Crippen LogP contribution in [-0.2, 0) is 0 Å². The molecular weight excluding hydrogens is 174 g/mol. The van der Waals surface area contributed by atoms with Crippen molar-refractivity contribution in [2.75, 3.05) is 0 Å². The van der Waals surface area contributed by atoms with Crippen molar-refractivity contribution in [2.45, 2.75) is 25.7 Å². The topological polar surface area (TPSA) is 0 Å². The predicted octanol–water partition coefficient (Wildman–Crippen LogP) is 3.14. The molecule has 0 aromatic carbocycles. The van der Waals surface area contributed by atoms with Crippen molar-refractivity contribution in [3.05, 3.63) is 0 Å². The monoisotopic (exact) mass is 180 g/mol. The molecule has 0 radical (unpaired) electrons. The van der Waals surface area contributed by atoms with Gasteiger partial charge in [-0.2, -0.15) is 26.3 Å². The van der Waals surface area contributed by atoms with Crippen LogP contribution in [0.3, 0.4) is 0 Å². The van der Waals surface area contributed by atoms with E-state index < -0.39 is 24.7 Å². The molecule has 0 amide bonds. The lowest BCUT2D eigenvalue weighted by Gasteiger charge is -2.20. The van der Waals surface area contributed by atoms with Crippen molar-refractivity contribution >= 4 is 0 Å².